The van der Waals surface area contributed by atoms with Crippen molar-refractivity contribution in [3.8, 4) is 17.1 Å². The van der Waals surface area contributed by atoms with Gasteiger partial charge in [0, 0.05) is 17.6 Å². The zero-order chi connectivity index (χ0) is 20.0. The molecule has 0 radical (unpaired) electrons. The number of rotatable bonds is 3. The van der Waals surface area contributed by atoms with Crippen LogP contribution in [0.2, 0.25) is 5.02 Å². The van der Waals surface area contributed by atoms with Crippen LogP contribution in [0.15, 0.2) is 53.3 Å². The highest BCUT2D eigenvalue weighted by Gasteiger charge is 2.22. The molecule has 0 aliphatic carbocycles. The summed E-state index contributed by atoms with van der Waals surface area (Å²) < 4.78 is 15.8. The van der Waals surface area contributed by atoms with Gasteiger partial charge in [0.2, 0.25) is 0 Å². The lowest BCUT2D eigenvalue weighted by Gasteiger charge is -2.07. The highest BCUT2D eigenvalue weighted by molar-refractivity contribution is 6.30. The Hall–Kier alpha value is -3.52. The number of amides is 1. The summed E-state index contributed by atoms with van der Waals surface area (Å²) in [6.07, 6.45) is 0. The van der Waals surface area contributed by atoms with Crippen LogP contribution >= 0.6 is 11.6 Å². The first kappa shape index (κ1) is 17.9. The van der Waals surface area contributed by atoms with Gasteiger partial charge in [-0.15, -0.1) is 0 Å². The molecule has 0 unspecified atom stereocenters. The number of carbonyl (C=O) groups is 1. The summed E-state index contributed by atoms with van der Waals surface area (Å²) in [5, 5.41) is 0.464. The molecule has 2 aromatic carbocycles. The fourth-order valence-electron chi connectivity index (χ4n) is 3.00. The van der Waals surface area contributed by atoms with Gasteiger partial charge in [-0.2, -0.15) is 0 Å². The molecule has 1 amide bonds. The number of aromatic nitrogens is 4. The van der Waals surface area contributed by atoms with Gasteiger partial charge in [0.1, 0.15) is 11.3 Å². The number of fused-ring (bicyclic) bond motifs is 1. The van der Waals surface area contributed by atoms with Crippen molar-refractivity contribution in [3.63, 3.8) is 0 Å². The van der Waals surface area contributed by atoms with E-state index in [2.05, 4.69) is 9.97 Å². The molecule has 0 saturated heterocycles. The van der Waals surface area contributed by atoms with Crippen molar-refractivity contribution in [1.29, 1.82) is 0 Å². The third-order valence-electron chi connectivity index (χ3n) is 4.29. The van der Waals surface area contributed by atoms with E-state index in [9.17, 15) is 14.0 Å². The van der Waals surface area contributed by atoms with Crippen LogP contribution in [-0.2, 0) is 7.05 Å². The van der Waals surface area contributed by atoms with Crippen LogP contribution < -0.4 is 11.4 Å². The van der Waals surface area contributed by atoms with Crippen molar-refractivity contribution < 1.29 is 9.18 Å². The first-order valence-electron chi connectivity index (χ1n) is 8.18. The Morgan fingerprint density at radius 1 is 1.14 bits per heavy atom. The van der Waals surface area contributed by atoms with Crippen molar-refractivity contribution in [3.05, 3.63) is 75.5 Å². The second-order valence-electron chi connectivity index (χ2n) is 6.10. The Morgan fingerprint density at radius 3 is 2.50 bits per heavy atom. The largest absolute Gasteiger partial charge is 0.364 e. The van der Waals surface area contributed by atoms with E-state index in [0.29, 0.717) is 16.3 Å². The molecule has 0 saturated carbocycles. The van der Waals surface area contributed by atoms with E-state index in [4.69, 9.17) is 17.3 Å². The van der Waals surface area contributed by atoms with Crippen LogP contribution in [0.4, 0.5) is 4.39 Å². The molecule has 0 atom stereocenters. The van der Waals surface area contributed by atoms with Crippen LogP contribution in [0.25, 0.3) is 28.2 Å². The molecule has 0 fully saturated rings. The molecule has 0 spiro atoms. The smallest absolute Gasteiger partial charge is 0.334 e. The predicted octanol–water partition coefficient (Wildman–Crippen LogP) is 2.68. The van der Waals surface area contributed by atoms with Gasteiger partial charge in [-0.3, -0.25) is 9.36 Å². The standard InChI is InChI=1S/C19H13ClFN5O2/c1-25-15-14(16(22)27)23-17(10-3-2-4-11(20)9-10)24-18(15)26(19(25)28)13-7-5-12(21)6-8-13/h2-9H,1H3,(H2,22,27). The van der Waals surface area contributed by atoms with E-state index in [1.165, 1.54) is 40.4 Å². The Balaban J connectivity index is 2.11. The molecule has 2 aromatic heterocycles. The van der Waals surface area contributed by atoms with Gasteiger partial charge in [0.15, 0.2) is 17.2 Å². The van der Waals surface area contributed by atoms with Crippen LogP contribution in [0.3, 0.4) is 0 Å². The molecule has 140 valence electrons. The minimum Gasteiger partial charge on any atom is -0.364 e. The number of aryl methyl sites for hydroxylation is 1. The van der Waals surface area contributed by atoms with Crippen LogP contribution in [0.1, 0.15) is 10.5 Å². The highest BCUT2D eigenvalue weighted by Crippen LogP contribution is 2.24. The Kier molecular flexibility index (Phi) is 4.20. The maximum absolute atomic E-state index is 13.3. The third-order valence-corrected chi connectivity index (χ3v) is 4.53. The molecule has 28 heavy (non-hydrogen) atoms. The average molecular weight is 398 g/mol. The molecule has 2 N–H and O–H groups in total. The van der Waals surface area contributed by atoms with Crippen LogP contribution in [0, 0.1) is 5.82 Å². The van der Waals surface area contributed by atoms with Crippen molar-refractivity contribution in [2.24, 2.45) is 12.8 Å². The molecule has 0 aliphatic heterocycles. The van der Waals surface area contributed by atoms with Gasteiger partial charge in [0.25, 0.3) is 5.91 Å². The van der Waals surface area contributed by atoms with E-state index in [1.807, 2.05) is 0 Å². The Morgan fingerprint density at radius 2 is 1.86 bits per heavy atom. The van der Waals surface area contributed by atoms with Crippen LogP contribution in [0.5, 0.6) is 0 Å². The Labute approximate surface area is 162 Å². The second-order valence-corrected chi connectivity index (χ2v) is 6.53. The minimum absolute atomic E-state index is 0.0968. The van der Waals surface area contributed by atoms with E-state index in [0.717, 1.165) is 0 Å². The topological polar surface area (TPSA) is 95.8 Å². The van der Waals surface area contributed by atoms with Crippen molar-refractivity contribution in [1.82, 2.24) is 19.1 Å². The highest BCUT2D eigenvalue weighted by atomic mass is 35.5. The number of benzene rings is 2. The van der Waals surface area contributed by atoms with E-state index >= 15 is 0 Å². The molecule has 2 heterocycles. The maximum atomic E-state index is 13.3. The number of primary amides is 1. The van der Waals surface area contributed by atoms with Gasteiger partial charge in [0.05, 0.1) is 5.69 Å². The van der Waals surface area contributed by atoms with Gasteiger partial charge in [-0.1, -0.05) is 23.7 Å². The first-order valence-corrected chi connectivity index (χ1v) is 8.56. The predicted molar refractivity (Wildman–Crippen MR) is 103 cm³/mol. The summed E-state index contributed by atoms with van der Waals surface area (Å²) >= 11 is 6.04. The first-order chi connectivity index (χ1) is 13.4. The molecular weight excluding hydrogens is 385 g/mol. The minimum atomic E-state index is -0.803. The molecule has 0 aliphatic rings. The molecule has 4 rings (SSSR count). The number of halogens is 2. The van der Waals surface area contributed by atoms with Crippen LogP contribution in [-0.4, -0.2) is 25.0 Å². The number of hydrogen-bond acceptors (Lipinski definition) is 4. The number of nitrogens with two attached hydrogens (primary N) is 1. The fourth-order valence-corrected chi connectivity index (χ4v) is 3.19. The quantitative estimate of drug-likeness (QED) is 0.575. The summed E-state index contributed by atoms with van der Waals surface area (Å²) in [6.45, 7) is 0. The zero-order valence-electron chi connectivity index (χ0n) is 14.6. The summed E-state index contributed by atoms with van der Waals surface area (Å²) in [4.78, 5) is 33.6. The van der Waals surface area contributed by atoms with E-state index < -0.39 is 17.4 Å². The maximum Gasteiger partial charge on any atom is 0.334 e. The average Bonchev–Trinajstić information content (AvgIpc) is 2.92. The summed E-state index contributed by atoms with van der Waals surface area (Å²) in [5.41, 5.74) is 6.26. The lowest BCUT2D eigenvalue weighted by molar-refractivity contribution is 0.0997. The van der Waals surface area contributed by atoms with Crippen molar-refractivity contribution in [2.45, 2.75) is 0 Å². The second kappa shape index (κ2) is 6.58. The summed E-state index contributed by atoms with van der Waals surface area (Å²) in [5.74, 6) is -1.06. The van der Waals surface area contributed by atoms with Gasteiger partial charge >= 0.3 is 5.69 Å². The van der Waals surface area contributed by atoms with E-state index in [-0.39, 0.29) is 22.7 Å². The third kappa shape index (κ3) is 2.84. The number of hydrogen-bond donors (Lipinski definition) is 1. The van der Waals surface area contributed by atoms with Crippen molar-refractivity contribution in [2.75, 3.05) is 0 Å². The van der Waals surface area contributed by atoms with Gasteiger partial charge in [-0.05, 0) is 36.4 Å². The van der Waals surface area contributed by atoms with Gasteiger partial charge < -0.3 is 5.73 Å². The van der Waals surface area contributed by atoms with Crippen molar-refractivity contribution >= 4 is 28.7 Å². The molecule has 9 heteroatoms. The van der Waals surface area contributed by atoms with E-state index in [1.54, 1.807) is 24.3 Å². The molecule has 7 nitrogen and oxygen atoms in total. The summed E-state index contributed by atoms with van der Waals surface area (Å²) in [7, 11) is 1.49. The van der Waals surface area contributed by atoms with Gasteiger partial charge in [-0.25, -0.2) is 23.7 Å². The molecular formula is C19H13ClFN5O2. The monoisotopic (exact) mass is 397 g/mol. The molecule has 0 bridgehead atoms. The fraction of sp³-hybridized carbons (Fsp3) is 0.0526. The Bertz CT molecular complexity index is 1290. The number of imidazole rings is 1. The SMILES string of the molecule is Cn1c(=O)n(-c2ccc(F)cc2)c2nc(-c3cccc(Cl)c3)nc(C(N)=O)c21. The molecule has 4 aromatic rings. The summed E-state index contributed by atoms with van der Waals surface area (Å²) in [6, 6.07) is 12.1. The lowest BCUT2D eigenvalue weighted by Crippen LogP contribution is -2.21. The normalized spacial score (nSPS) is 11.1. The zero-order valence-corrected chi connectivity index (χ0v) is 15.3. The number of carbonyl (C=O) groups excluding carboxylic acids is 1. The lowest BCUT2D eigenvalue weighted by atomic mass is 10.2. The number of nitrogens with zero attached hydrogens (tertiary/aromatic N) is 4.